The third kappa shape index (κ3) is 7.18. The molecule has 1 aromatic carbocycles. The Bertz CT molecular complexity index is 1290. The van der Waals surface area contributed by atoms with Gasteiger partial charge in [0, 0.05) is 38.1 Å². The van der Waals surface area contributed by atoms with Crippen LogP contribution >= 0.6 is 0 Å². The molecule has 3 amide bonds. The highest BCUT2D eigenvalue weighted by Crippen LogP contribution is 2.31. The van der Waals surface area contributed by atoms with Gasteiger partial charge in [0.05, 0.1) is 13.1 Å². The van der Waals surface area contributed by atoms with Crippen LogP contribution in [0, 0.1) is 6.92 Å². The normalized spacial score (nSPS) is 15.6. The average Bonchev–Trinajstić information content (AvgIpc) is 3.49. The van der Waals surface area contributed by atoms with E-state index in [2.05, 4.69) is 25.6 Å². The molecular weight excluding hydrogens is 529 g/mol. The zero-order valence-electron chi connectivity index (χ0n) is 22.2. The molecule has 1 aliphatic rings. The number of benzene rings is 1. The molecule has 4 rings (SSSR count). The summed E-state index contributed by atoms with van der Waals surface area (Å²) < 4.78 is 48.3. The van der Waals surface area contributed by atoms with Crippen molar-refractivity contribution in [1.82, 2.24) is 35.1 Å². The maximum Gasteiger partial charge on any atom is 0.433 e. The van der Waals surface area contributed by atoms with Gasteiger partial charge in [0.2, 0.25) is 11.9 Å². The molecule has 0 bridgehead atoms. The van der Waals surface area contributed by atoms with Gasteiger partial charge in [-0.2, -0.15) is 18.2 Å². The summed E-state index contributed by atoms with van der Waals surface area (Å²) in [6.45, 7) is 4.87. The van der Waals surface area contributed by atoms with Crippen LogP contribution in [-0.2, 0) is 11.0 Å². The van der Waals surface area contributed by atoms with Crippen molar-refractivity contribution in [3.63, 3.8) is 0 Å². The number of anilines is 1. The van der Waals surface area contributed by atoms with E-state index in [1.807, 2.05) is 38.1 Å². The summed E-state index contributed by atoms with van der Waals surface area (Å²) in [6, 6.07) is 6.90. The highest BCUT2D eigenvalue weighted by molar-refractivity contribution is 5.87. The molecule has 40 heavy (non-hydrogen) atoms. The molecule has 1 aliphatic heterocycles. The van der Waals surface area contributed by atoms with Crippen molar-refractivity contribution in [3.05, 3.63) is 60.3 Å². The molecule has 14 heteroatoms. The van der Waals surface area contributed by atoms with Crippen LogP contribution in [0.15, 0.2) is 49.1 Å². The molecule has 2 aromatic heterocycles. The fourth-order valence-electron chi connectivity index (χ4n) is 4.11. The first-order valence-corrected chi connectivity index (χ1v) is 12.9. The van der Waals surface area contributed by atoms with Gasteiger partial charge in [0.15, 0.2) is 5.69 Å². The molecule has 214 valence electrons. The molecular formula is C26H31F3N8O3. The lowest BCUT2D eigenvalue weighted by Gasteiger charge is -2.41. The quantitative estimate of drug-likeness (QED) is 0.387. The number of aromatic nitrogens is 4. The number of carbonyl (C=O) groups excluding carboxylic acids is 2. The molecule has 3 aromatic rings. The number of carbonyl (C=O) groups is 2. The third-order valence-electron chi connectivity index (χ3n) is 6.21. The number of urea groups is 1. The van der Waals surface area contributed by atoms with Crippen LogP contribution in [0.25, 0.3) is 5.95 Å². The van der Waals surface area contributed by atoms with Crippen molar-refractivity contribution in [3.8, 4) is 11.7 Å². The first-order valence-electron chi connectivity index (χ1n) is 12.9. The van der Waals surface area contributed by atoms with E-state index in [1.165, 1.54) is 33.1 Å². The fourth-order valence-corrected chi connectivity index (χ4v) is 4.11. The molecule has 1 atom stereocenters. The number of hydrogen-bond acceptors (Lipinski definition) is 7. The lowest BCUT2D eigenvalue weighted by Crippen LogP contribution is -2.62. The summed E-state index contributed by atoms with van der Waals surface area (Å²) in [7, 11) is 0. The van der Waals surface area contributed by atoms with Crippen LogP contribution in [-0.4, -0.2) is 81.7 Å². The molecule has 2 N–H and O–H groups in total. The maximum absolute atomic E-state index is 13.8. The van der Waals surface area contributed by atoms with E-state index < -0.39 is 23.8 Å². The number of rotatable bonds is 9. The Balaban J connectivity index is 1.56. The molecule has 0 aliphatic carbocycles. The molecule has 11 nitrogen and oxygen atoms in total. The topological polar surface area (TPSA) is 118 Å². The standard InChI is InChI=1S/C26H31F3N8O3/c1-3-8-32-25(39)35-12-13-37(20(16-35)23(38)31-10-14-40-19-6-4-18(2)5-7-19)22-15-21(26(27,28)29)33-24(34-22)36-11-9-30-17-36/h4-7,9,11,15,17,20H,3,8,10,12-14,16H2,1-2H3,(H,31,38)(H,32,39). The van der Waals surface area contributed by atoms with Crippen molar-refractivity contribution < 1.29 is 27.5 Å². The molecule has 0 spiro atoms. The summed E-state index contributed by atoms with van der Waals surface area (Å²) in [5.41, 5.74) is -0.0739. The van der Waals surface area contributed by atoms with Crippen LogP contribution in [0.5, 0.6) is 5.75 Å². The molecule has 0 saturated carbocycles. The van der Waals surface area contributed by atoms with E-state index in [4.69, 9.17) is 4.74 Å². The minimum atomic E-state index is -4.75. The minimum absolute atomic E-state index is 0.0496. The van der Waals surface area contributed by atoms with Crippen LogP contribution in [0.2, 0.25) is 0 Å². The lowest BCUT2D eigenvalue weighted by molar-refractivity contribution is -0.141. The zero-order valence-corrected chi connectivity index (χ0v) is 22.2. The van der Waals surface area contributed by atoms with Crippen LogP contribution in [0.3, 0.4) is 0 Å². The van der Waals surface area contributed by atoms with Gasteiger partial charge >= 0.3 is 12.2 Å². The van der Waals surface area contributed by atoms with Crippen molar-refractivity contribution in [2.24, 2.45) is 0 Å². The second-order valence-electron chi connectivity index (χ2n) is 9.22. The number of hydrogen-bond donors (Lipinski definition) is 2. The summed E-state index contributed by atoms with van der Waals surface area (Å²) >= 11 is 0. The summed E-state index contributed by atoms with van der Waals surface area (Å²) in [5, 5.41) is 5.56. The predicted octanol–water partition coefficient (Wildman–Crippen LogP) is 2.79. The Kier molecular flexibility index (Phi) is 9.07. The van der Waals surface area contributed by atoms with E-state index in [1.54, 1.807) is 0 Å². The minimum Gasteiger partial charge on any atom is -0.492 e. The van der Waals surface area contributed by atoms with Gasteiger partial charge in [0.1, 0.15) is 30.5 Å². The summed E-state index contributed by atoms with van der Waals surface area (Å²) in [5.74, 6) is -0.158. The number of halogens is 3. The first kappa shape index (κ1) is 28.6. The monoisotopic (exact) mass is 560 g/mol. The molecule has 3 heterocycles. The number of imidazole rings is 1. The second kappa shape index (κ2) is 12.7. The number of nitrogens with zero attached hydrogens (tertiary/aromatic N) is 6. The van der Waals surface area contributed by atoms with Gasteiger partial charge < -0.3 is 25.2 Å². The zero-order chi connectivity index (χ0) is 28.7. The van der Waals surface area contributed by atoms with Crippen molar-refractivity contribution in [1.29, 1.82) is 0 Å². The Hall–Kier alpha value is -4.36. The SMILES string of the molecule is CCCNC(=O)N1CCN(c2cc(C(F)(F)F)nc(-n3ccnc3)n2)C(C(=O)NCCOc2ccc(C)cc2)C1. The average molecular weight is 561 g/mol. The van der Waals surface area contributed by atoms with E-state index in [9.17, 15) is 22.8 Å². The van der Waals surface area contributed by atoms with Crippen molar-refractivity contribution in [2.45, 2.75) is 32.5 Å². The molecule has 0 radical (unpaired) electrons. The van der Waals surface area contributed by atoms with E-state index in [0.717, 1.165) is 18.1 Å². The van der Waals surface area contributed by atoms with Gasteiger partial charge in [-0.05, 0) is 25.5 Å². The lowest BCUT2D eigenvalue weighted by atomic mass is 10.1. The summed E-state index contributed by atoms with van der Waals surface area (Å²) in [6.07, 6.45) is 0.0850. The highest BCUT2D eigenvalue weighted by Gasteiger charge is 2.38. The van der Waals surface area contributed by atoms with E-state index in [0.29, 0.717) is 12.3 Å². The number of amides is 3. The van der Waals surface area contributed by atoms with Crippen LogP contribution in [0.1, 0.15) is 24.6 Å². The van der Waals surface area contributed by atoms with Crippen molar-refractivity contribution in [2.75, 3.05) is 44.2 Å². The molecule has 1 unspecified atom stereocenters. The van der Waals surface area contributed by atoms with Gasteiger partial charge in [-0.1, -0.05) is 24.6 Å². The largest absolute Gasteiger partial charge is 0.492 e. The predicted molar refractivity (Wildman–Crippen MR) is 140 cm³/mol. The smallest absolute Gasteiger partial charge is 0.433 e. The highest BCUT2D eigenvalue weighted by atomic mass is 19.4. The molecule has 1 saturated heterocycles. The Morgan fingerprint density at radius 3 is 2.55 bits per heavy atom. The van der Waals surface area contributed by atoms with Gasteiger partial charge in [-0.15, -0.1) is 0 Å². The van der Waals surface area contributed by atoms with Gasteiger partial charge in [0.25, 0.3) is 0 Å². The summed E-state index contributed by atoms with van der Waals surface area (Å²) in [4.78, 5) is 40.8. The fraction of sp³-hybridized carbons (Fsp3) is 0.423. The van der Waals surface area contributed by atoms with E-state index >= 15 is 0 Å². The number of aryl methyl sites for hydroxylation is 1. The van der Waals surface area contributed by atoms with Gasteiger partial charge in [-0.3, -0.25) is 9.36 Å². The third-order valence-corrected chi connectivity index (χ3v) is 6.21. The Labute approximate surface area is 229 Å². The van der Waals surface area contributed by atoms with E-state index in [-0.39, 0.29) is 50.6 Å². The number of ether oxygens (including phenoxy) is 1. The van der Waals surface area contributed by atoms with Crippen molar-refractivity contribution >= 4 is 17.8 Å². The molecule has 1 fully saturated rings. The number of nitrogens with one attached hydrogen (secondary N) is 2. The first-order chi connectivity index (χ1) is 19.2. The Morgan fingerprint density at radius 1 is 1.10 bits per heavy atom. The Morgan fingerprint density at radius 2 is 1.88 bits per heavy atom. The number of piperazine rings is 1. The number of alkyl halides is 3. The van der Waals surface area contributed by atoms with Crippen LogP contribution in [0.4, 0.5) is 23.8 Å². The van der Waals surface area contributed by atoms with Gasteiger partial charge in [-0.25, -0.2) is 14.8 Å². The van der Waals surface area contributed by atoms with Crippen LogP contribution < -0.4 is 20.3 Å². The second-order valence-corrected chi connectivity index (χ2v) is 9.22. The maximum atomic E-state index is 13.8.